The van der Waals surface area contributed by atoms with Crippen LogP contribution in [0.25, 0.3) is 0 Å². The standard InChI is InChI=1S/C12H17N3O3S/c16-12(17)10-11(19-7-14-10)13-4-9-5-15-3-1-2-8(15)6-18-9/h7-9,13H,1-6H2,(H,16,17). The number of carboxylic acid groups (broad SMARTS) is 1. The average Bonchev–Trinajstić information content (AvgIpc) is 3.04. The summed E-state index contributed by atoms with van der Waals surface area (Å²) in [6.07, 6.45) is 2.61. The van der Waals surface area contributed by atoms with Crippen molar-refractivity contribution in [2.45, 2.75) is 25.0 Å². The Morgan fingerprint density at radius 2 is 2.58 bits per heavy atom. The molecule has 2 aliphatic rings. The molecular formula is C12H17N3O3S. The van der Waals surface area contributed by atoms with Gasteiger partial charge in [-0.05, 0) is 19.4 Å². The van der Waals surface area contributed by atoms with Crippen molar-refractivity contribution in [3.8, 4) is 0 Å². The summed E-state index contributed by atoms with van der Waals surface area (Å²) in [6, 6.07) is 0.592. The minimum atomic E-state index is -0.993. The lowest BCUT2D eigenvalue weighted by atomic mass is 10.2. The Balaban J connectivity index is 1.55. The monoisotopic (exact) mass is 283 g/mol. The Labute approximate surface area is 115 Å². The summed E-state index contributed by atoms with van der Waals surface area (Å²) in [7, 11) is 0. The summed E-state index contributed by atoms with van der Waals surface area (Å²) in [5.74, 6) is -0.993. The zero-order chi connectivity index (χ0) is 13.2. The van der Waals surface area contributed by atoms with Gasteiger partial charge in [0.15, 0.2) is 5.69 Å². The molecule has 0 spiro atoms. The van der Waals surface area contributed by atoms with Gasteiger partial charge in [0.2, 0.25) is 0 Å². The van der Waals surface area contributed by atoms with Crippen molar-refractivity contribution >= 4 is 22.3 Å². The fourth-order valence-corrected chi connectivity index (χ4v) is 3.42. The summed E-state index contributed by atoms with van der Waals surface area (Å²) in [4.78, 5) is 17.3. The van der Waals surface area contributed by atoms with Crippen LogP contribution >= 0.6 is 11.3 Å². The highest BCUT2D eigenvalue weighted by Crippen LogP contribution is 2.24. The van der Waals surface area contributed by atoms with Crippen molar-refractivity contribution in [1.29, 1.82) is 0 Å². The SMILES string of the molecule is O=C(O)c1ncsc1NCC1CN2CCCC2CO1. The molecule has 2 N–H and O–H groups in total. The topological polar surface area (TPSA) is 74.7 Å². The summed E-state index contributed by atoms with van der Waals surface area (Å²) in [6.45, 7) is 3.51. The van der Waals surface area contributed by atoms with Crippen molar-refractivity contribution in [2.24, 2.45) is 0 Å². The van der Waals surface area contributed by atoms with E-state index in [1.807, 2.05) is 0 Å². The van der Waals surface area contributed by atoms with Crippen LogP contribution in [0.15, 0.2) is 5.51 Å². The molecule has 2 atom stereocenters. The van der Waals surface area contributed by atoms with E-state index in [1.54, 1.807) is 5.51 Å². The summed E-state index contributed by atoms with van der Waals surface area (Å²) in [5, 5.41) is 12.7. The van der Waals surface area contributed by atoms with Crippen molar-refractivity contribution in [3.63, 3.8) is 0 Å². The zero-order valence-electron chi connectivity index (χ0n) is 10.5. The second-order valence-electron chi connectivity index (χ2n) is 4.96. The van der Waals surface area contributed by atoms with Gasteiger partial charge in [-0.2, -0.15) is 0 Å². The first-order valence-electron chi connectivity index (χ1n) is 6.50. The van der Waals surface area contributed by atoms with Crippen LogP contribution in [-0.2, 0) is 4.74 Å². The van der Waals surface area contributed by atoms with E-state index >= 15 is 0 Å². The number of ether oxygens (including phenoxy) is 1. The molecule has 0 aliphatic carbocycles. The van der Waals surface area contributed by atoms with Crippen molar-refractivity contribution < 1.29 is 14.6 Å². The van der Waals surface area contributed by atoms with E-state index in [-0.39, 0.29) is 11.8 Å². The smallest absolute Gasteiger partial charge is 0.357 e. The van der Waals surface area contributed by atoms with Crippen LogP contribution in [0.2, 0.25) is 0 Å². The molecule has 0 amide bonds. The average molecular weight is 283 g/mol. The lowest BCUT2D eigenvalue weighted by Gasteiger charge is -2.35. The Bertz CT molecular complexity index is 465. The van der Waals surface area contributed by atoms with Crippen LogP contribution in [0.5, 0.6) is 0 Å². The molecule has 1 aromatic rings. The molecule has 2 saturated heterocycles. The number of carbonyl (C=O) groups is 1. The Kier molecular flexibility index (Phi) is 3.67. The number of aromatic carboxylic acids is 1. The van der Waals surface area contributed by atoms with Crippen LogP contribution in [-0.4, -0.2) is 59.3 Å². The number of aromatic nitrogens is 1. The minimum Gasteiger partial charge on any atom is -0.476 e. The van der Waals surface area contributed by atoms with Gasteiger partial charge in [0.1, 0.15) is 5.00 Å². The quantitative estimate of drug-likeness (QED) is 0.862. The van der Waals surface area contributed by atoms with Crippen molar-refractivity contribution in [3.05, 3.63) is 11.2 Å². The number of thiazole rings is 1. The van der Waals surface area contributed by atoms with Gasteiger partial charge in [0.25, 0.3) is 0 Å². The number of morpholine rings is 1. The first kappa shape index (κ1) is 12.8. The molecule has 0 aromatic carbocycles. The van der Waals surface area contributed by atoms with E-state index in [0.29, 0.717) is 17.6 Å². The normalized spacial score (nSPS) is 27.2. The maximum absolute atomic E-state index is 10.9. The van der Waals surface area contributed by atoms with Gasteiger partial charge in [-0.3, -0.25) is 4.90 Å². The third-order valence-corrected chi connectivity index (χ3v) is 4.51. The Hall–Kier alpha value is -1.18. The molecule has 2 aliphatic heterocycles. The highest BCUT2D eigenvalue weighted by atomic mass is 32.1. The molecule has 0 radical (unpaired) electrons. The number of fused-ring (bicyclic) bond motifs is 1. The maximum Gasteiger partial charge on any atom is 0.357 e. The molecule has 19 heavy (non-hydrogen) atoms. The Morgan fingerprint density at radius 1 is 1.68 bits per heavy atom. The highest BCUT2D eigenvalue weighted by Gasteiger charge is 2.32. The molecule has 2 unspecified atom stereocenters. The van der Waals surface area contributed by atoms with Gasteiger partial charge in [0.05, 0.1) is 18.2 Å². The summed E-state index contributed by atoms with van der Waals surface area (Å²) >= 11 is 1.31. The number of carboxylic acids is 1. The predicted molar refractivity (Wildman–Crippen MR) is 71.9 cm³/mol. The molecule has 3 heterocycles. The second-order valence-corrected chi connectivity index (χ2v) is 5.82. The number of hydrogen-bond donors (Lipinski definition) is 2. The van der Waals surface area contributed by atoms with Gasteiger partial charge in [0, 0.05) is 19.1 Å². The Morgan fingerprint density at radius 3 is 3.42 bits per heavy atom. The van der Waals surface area contributed by atoms with E-state index in [0.717, 1.165) is 19.7 Å². The first-order valence-corrected chi connectivity index (χ1v) is 7.38. The summed E-state index contributed by atoms with van der Waals surface area (Å²) in [5.41, 5.74) is 1.64. The van der Waals surface area contributed by atoms with Gasteiger partial charge >= 0.3 is 5.97 Å². The van der Waals surface area contributed by atoms with Crippen LogP contribution in [0.3, 0.4) is 0 Å². The van der Waals surface area contributed by atoms with Crippen LogP contribution in [0, 0.1) is 0 Å². The highest BCUT2D eigenvalue weighted by molar-refractivity contribution is 7.14. The fraction of sp³-hybridized carbons (Fsp3) is 0.667. The minimum absolute atomic E-state index is 0.0971. The van der Waals surface area contributed by atoms with Crippen LogP contribution < -0.4 is 5.32 Å². The maximum atomic E-state index is 10.9. The number of nitrogens with one attached hydrogen (secondary N) is 1. The fourth-order valence-electron chi connectivity index (χ4n) is 2.74. The molecule has 1 aromatic heterocycles. The second kappa shape index (κ2) is 5.44. The van der Waals surface area contributed by atoms with Crippen molar-refractivity contribution in [2.75, 3.05) is 31.6 Å². The third kappa shape index (κ3) is 2.72. The molecule has 2 fully saturated rings. The largest absolute Gasteiger partial charge is 0.476 e. The number of hydrogen-bond acceptors (Lipinski definition) is 6. The van der Waals surface area contributed by atoms with E-state index < -0.39 is 5.97 Å². The third-order valence-electron chi connectivity index (χ3n) is 3.72. The molecule has 6 nitrogen and oxygen atoms in total. The van der Waals surface area contributed by atoms with Gasteiger partial charge in [-0.1, -0.05) is 0 Å². The zero-order valence-corrected chi connectivity index (χ0v) is 11.4. The number of rotatable bonds is 4. The molecule has 0 saturated carbocycles. The predicted octanol–water partition coefficient (Wildman–Crippen LogP) is 1.12. The van der Waals surface area contributed by atoms with Gasteiger partial charge < -0.3 is 15.2 Å². The summed E-state index contributed by atoms with van der Waals surface area (Å²) < 4.78 is 5.82. The molecular weight excluding hydrogens is 266 g/mol. The van der Waals surface area contributed by atoms with E-state index in [1.165, 1.54) is 24.2 Å². The molecule has 0 bridgehead atoms. The lowest BCUT2D eigenvalue weighted by Crippen LogP contribution is -2.48. The molecule has 104 valence electrons. The number of anilines is 1. The van der Waals surface area contributed by atoms with Gasteiger partial charge in [-0.15, -0.1) is 11.3 Å². The van der Waals surface area contributed by atoms with E-state index in [2.05, 4.69) is 15.2 Å². The van der Waals surface area contributed by atoms with E-state index in [9.17, 15) is 4.79 Å². The van der Waals surface area contributed by atoms with Crippen LogP contribution in [0.1, 0.15) is 23.3 Å². The molecule has 7 heteroatoms. The van der Waals surface area contributed by atoms with Crippen LogP contribution in [0.4, 0.5) is 5.00 Å². The molecule has 3 rings (SSSR count). The van der Waals surface area contributed by atoms with Gasteiger partial charge in [-0.25, -0.2) is 9.78 Å². The first-order chi connectivity index (χ1) is 9.24. The lowest BCUT2D eigenvalue weighted by molar-refractivity contribution is -0.0415. The number of nitrogens with zero attached hydrogens (tertiary/aromatic N) is 2. The van der Waals surface area contributed by atoms with Crippen molar-refractivity contribution in [1.82, 2.24) is 9.88 Å². The van der Waals surface area contributed by atoms with E-state index in [4.69, 9.17) is 9.84 Å².